The molecule has 1 aromatic heterocycles. The van der Waals surface area contributed by atoms with Crippen LogP contribution < -0.4 is 53.6 Å². The Hall–Kier alpha value is -8.46. The molecule has 0 radical (unpaired) electrons. The Morgan fingerprint density at radius 2 is 1.05 bits per heavy atom. The maximum absolute atomic E-state index is 14.2. The van der Waals surface area contributed by atoms with E-state index in [1.807, 2.05) is 0 Å². The number of amides is 9. The van der Waals surface area contributed by atoms with Gasteiger partial charge in [0.25, 0.3) is 0 Å². The summed E-state index contributed by atoms with van der Waals surface area (Å²) in [4.78, 5) is 151. The van der Waals surface area contributed by atoms with Gasteiger partial charge in [0.2, 0.25) is 53.2 Å². The van der Waals surface area contributed by atoms with E-state index in [0.29, 0.717) is 16.8 Å². The normalized spacial score (nSPS) is 15.0. The van der Waals surface area contributed by atoms with E-state index in [1.54, 1.807) is 58.0 Å². The number of phenolic OH excluding ortho intramolecular Hbond substituents is 1. The monoisotopic (exact) mass is 1080 g/mol. The summed E-state index contributed by atoms with van der Waals surface area (Å²) in [6.45, 7) is 9.83. The Labute approximate surface area is 443 Å². The second-order valence-corrected chi connectivity index (χ2v) is 19.0. The molecule has 420 valence electrons. The lowest BCUT2D eigenvalue weighted by Crippen LogP contribution is -2.61. The molecule has 0 unspecified atom stereocenters. The predicted octanol–water partition coefficient (Wildman–Crippen LogP) is -3.24. The molecule has 1 heterocycles. The lowest BCUT2D eigenvalue weighted by atomic mass is 10.0. The second-order valence-electron chi connectivity index (χ2n) is 19.0. The van der Waals surface area contributed by atoms with Crippen LogP contribution in [0.4, 0.5) is 0 Å². The van der Waals surface area contributed by atoms with Gasteiger partial charge in [-0.2, -0.15) is 0 Å². The van der Waals surface area contributed by atoms with Crippen LogP contribution in [0, 0.1) is 11.8 Å². The van der Waals surface area contributed by atoms with Crippen molar-refractivity contribution in [2.75, 3.05) is 6.54 Å². The van der Waals surface area contributed by atoms with Gasteiger partial charge in [0.1, 0.15) is 54.1 Å². The molecule has 0 saturated carbocycles. The lowest BCUT2D eigenvalue weighted by molar-refractivity contribution is -0.143. The number of imidazole rings is 1. The molecule has 27 nitrogen and oxygen atoms in total. The molecule has 9 amide bonds. The second kappa shape index (κ2) is 30.2. The summed E-state index contributed by atoms with van der Waals surface area (Å²) in [5.41, 5.74) is 7.03. The first-order valence-electron chi connectivity index (χ1n) is 24.5. The first-order chi connectivity index (χ1) is 36.2. The average molecular weight is 1080 g/mol. The summed E-state index contributed by atoms with van der Waals surface area (Å²) in [5.74, 6) is -12.1. The number of aliphatic carboxylic acids is 2. The predicted molar refractivity (Wildman–Crippen MR) is 273 cm³/mol. The zero-order valence-electron chi connectivity index (χ0n) is 43.6. The SMILES string of the molecule is CC(C)[C@H](N)C(=O)N[C@@H](C)C(=O)N[C@H](C(=O)N[C@@H](C)C(=O)NCC(=O)N[C@H](C(=O)N[C@@H](Cc1cnc[nH]1)C(=O)N[C@@H](Cc1ccccc1)C(=O)N[C@@H](CC(=O)O)C(=O)N[C@@H](Cc1ccc(O)cc1)C(=O)O)[C@@H](C)O)C(C)C. The van der Waals surface area contributed by atoms with E-state index in [-0.39, 0.29) is 30.9 Å². The van der Waals surface area contributed by atoms with Crippen molar-refractivity contribution in [3.63, 3.8) is 0 Å². The molecule has 27 heteroatoms. The molecular weight excluding hydrogens is 1010 g/mol. The number of hydrogen-bond donors (Lipinski definition) is 15. The number of nitrogens with two attached hydrogens (primary N) is 1. The number of aliphatic hydroxyl groups excluding tert-OH is 1. The lowest BCUT2D eigenvalue weighted by Gasteiger charge is -2.27. The smallest absolute Gasteiger partial charge is 0.326 e. The number of nitrogens with one attached hydrogen (secondary N) is 10. The van der Waals surface area contributed by atoms with Crippen LogP contribution in [0.5, 0.6) is 5.75 Å². The molecule has 3 aromatic rings. The molecule has 0 aliphatic heterocycles. The number of aromatic amines is 1. The standard InChI is InChI=1S/C50H70N12O15/c1-24(2)39(51)47(73)55-27(6)43(69)62-40(25(3)4)48(74)56-26(5)42(68)53-22-37(65)61-41(28(7)63)49(75)59-34(19-31-21-52-23-54-31)45(71)57-33(17-29-11-9-8-10-12-29)44(70)58-35(20-38(66)67)46(72)60-36(50(76)77)18-30-13-15-32(64)16-14-30/h8-16,21,23-28,33-36,39-41,63-64H,17-20,22,51H2,1-7H3,(H,52,54)(H,53,68)(H,55,73)(H,56,74)(H,57,71)(H,58,70)(H,59,75)(H,60,72)(H,61,65)(H,62,69)(H,66,67)(H,76,77)/t26-,27-,28+,33-,34-,35-,36-,39-,40-,41-/m0/s1. The minimum absolute atomic E-state index is 0.0979. The summed E-state index contributed by atoms with van der Waals surface area (Å²) in [5, 5.41) is 61.5. The van der Waals surface area contributed by atoms with Crippen molar-refractivity contribution in [1.29, 1.82) is 0 Å². The van der Waals surface area contributed by atoms with Gasteiger partial charge in [0, 0.05) is 31.2 Å². The van der Waals surface area contributed by atoms with Gasteiger partial charge in [0.05, 0.1) is 31.4 Å². The number of hydrogen-bond acceptors (Lipinski definition) is 15. The molecule has 2 aromatic carbocycles. The third kappa shape index (κ3) is 21.0. The van der Waals surface area contributed by atoms with Gasteiger partial charge in [-0.15, -0.1) is 0 Å². The van der Waals surface area contributed by atoms with Gasteiger partial charge >= 0.3 is 11.9 Å². The van der Waals surface area contributed by atoms with Crippen LogP contribution in [0.2, 0.25) is 0 Å². The molecule has 0 saturated heterocycles. The molecule has 0 bridgehead atoms. The van der Waals surface area contributed by atoms with E-state index in [0.717, 1.165) is 6.92 Å². The van der Waals surface area contributed by atoms with Crippen LogP contribution in [0.3, 0.4) is 0 Å². The highest BCUT2D eigenvalue weighted by molar-refractivity contribution is 5.98. The Bertz CT molecular complexity index is 2530. The van der Waals surface area contributed by atoms with Crippen LogP contribution in [0.15, 0.2) is 67.1 Å². The van der Waals surface area contributed by atoms with E-state index in [1.165, 1.54) is 50.6 Å². The summed E-state index contributed by atoms with van der Waals surface area (Å²) in [7, 11) is 0. The number of aromatic hydroxyl groups is 1. The van der Waals surface area contributed by atoms with E-state index in [4.69, 9.17) is 5.73 Å². The minimum Gasteiger partial charge on any atom is -0.508 e. The zero-order valence-corrected chi connectivity index (χ0v) is 43.6. The highest BCUT2D eigenvalue weighted by atomic mass is 16.4. The van der Waals surface area contributed by atoms with E-state index >= 15 is 0 Å². The van der Waals surface area contributed by atoms with Crippen molar-refractivity contribution in [3.05, 3.63) is 83.9 Å². The number of phenols is 1. The highest BCUT2D eigenvalue weighted by Crippen LogP contribution is 2.13. The molecule has 0 fully saturated rings. The zero-order chi connectivity index (χ0) is 57.7. The molecule has 0 aliphatic carbocycles. The number of aliphatic hydroxyl groups is 1. The summed E-state index contributed by atoms with van der Waals surface area (Å²) in [6.07, 6.45) is -0.888. The third-order valence-electron chi connectivity index (χ3n) is 11.8. The minimum atomic E-state index is -1.87. The highest BCUT2D eigenvalue weighted by Gasteiger charge is 2.36. The number of nitrogens with zero attached hydrogens (tertiary/aromatic N) is 1. The summed E-state index contributed by atoms with van der Waals surface area (Å²) >= 11 is 0. The van der Waals surface area contributed by atoms with E-state index < -0.39 is 144 Å². The van der Waals surface area contributed by atoms with Gasteiger partial charge in [-0.05, 0) is 55.9 Å². The van der Waals surface area contributed by atoms with E-state index in [2.05, 4.69) is 57.8 Å². The van der Waals surface area contributed by atoms with Gasteiger partial charge in [0.15, 0.2) is 0 Å². The number of carbonyl (C=O) groups is 11. The van der Waals surface area contributed by atoms with Crippen molar-refractivity contribution in [1.82, 2.24) is 57.8 Å². The maximum Gasteiger partial charge on any atom is 0.326 e. The van der Waals surface area contributed by atoms with Crippen LogP contribution >= 0.6 is 0 Å². The molecule has 3 rings (SSSR count). The van der Waals surface area contributed by atoms with Crippen molar-refractivity contribution in [2.24, 2.45) is 17.6 Å². The molecule has 16 N–H and O–H groups in total. The Morgan fingerprint density at radius 3 is 1.60 bits per heavy atom. The van der Waals surface area contributed by atoms with Crippen LogP contribution in [-0.2, 0) is 72.0 Å². The number of aromatic nitrogens is 2. The summed E-state index contributed by atoms with van der Waals surface area (Å²) in [6, 6.07) is 0.802. The van der Waals surface area contributed by atoms with Gasteiger partial charge in [-0.1, -0.05) is 70.2 Å². The Kier molecular flexibility index (Phi) is 24.6. The number of benzene rings is 2. The fraction of sp³-hybridized carbons (Fsp3) is 0.480. The molecule has 0 spiro atoms. The molecular formula is C50H70N12O15. The fourth-order valence-corrected chi connectivity index (χ4v) is 7.22. The number of carboxylic acids is 2. The van der Waals surface area contributed by atoms with Crippen molar-refractivity contribution in [3.8, 4) is 5.75 Å². The fourth-order valence-electron chi connectivity index (χ4n) is 7.22. The molecule has 10 atom stereocenters. The number of H-pyrrole nitrogens is 1. The van der Waals surface area contributed by atoms with Crippen LogP contribution in [0.25, 0.3) is 0 Å². The van der Waals surface area contributed by atoms with Crippen LogP contribution in [0.1, 0.15) is 71.7 Å². The molecule has 0 aliphatic rings. The largest absolute Gasteiger partial charge is 0.508 e. The van der Waals surface area contributed by atoms with Gasteiger partial charge in [-0.25, -0.2) is 9.78 Å². The topological polar surface area (TPSA) is 432 Å². The molecule has 77 heavy (non-hydrogen) atoms. The number of carboxylic acid groups (broad SMARTS) is 2. The summed E-state index contributed by atoms with van der Waals surface area (Å²) < 4.78 is 0. The average Bonchev–Trinajstić information content (AvgIpc) is 3.88. The maximum atomic E-state index is 14.2. The van der Waals surface area contributed by atoms with Crippen molar-refractivity contribution in [2.45, 2.75) is 135 Å². The number of rotatable bonds is 30. The van der Waals surface area contributed by atoms with Gasteiger partial charge < -0.3 is 79.0 Å². The quantitative estimate of drug-likeness (QED) is 0.0312. The van der Waals surface area contributed by atoms with Crippen molar-refractivity contribution < 1.29 is 73.2 Å². The van der Waals surface area contributed by atoms with Gasteiger partial charge in [-0.3, -0.25) is 47.9 Å². The first-order valence-corrected chi connectivity index (χ1v) is 24.5. The first kappa shape index (κ1) is 62.8. The number of carbonyl (C=O) groups excluding carboxylic acids is 9. The van der Waals surface area contributed by atoms with Crippen LogP contribution in [-0.4, -0.2) is 163 Å². The third-order valence-corrected chi connectivity index (χ3v) is 11.8. The Morgan fingerprint density at radius 1 is 0.545 bits per heavy atom. The Balaban J connectivity index is 1.75. The van der Waals surface area contributed by atoms with Crippen molar-refractivity contribution >= 4 is 65.1 Å². The van der Waals surface area contributed by atoms with E-state index in [9.17, 15) is 73.2 Å².